The average Bonchev–Trinajstić information content (AvgIpc) is 1.62. The van der Waals surface area contributed by atoms with E-state index < -0.39 is 137 Å². The number of carbonyl (C=O) groups excluding carboxylic acids is 11. The smallest absolute Gasteiger partial charge is 0.408 e. The van der Waals surface area contributed by atoms with Crippen molar-refractivity contribution in [2.24, 2.45) is 11.8 Å². The second-order valence-corrected chi connectivity index (χ2v) is 26.0. The number of hydrogen-bond donors (Lipinski definition) is 9. The van der Waals surface area contributed by atoms with Gasteiger partial charge in [-0.05, 0) is 119 Å². The van der Waals surface area contributed by atoms with Crippen LogP contribution in [0, 0.1) is 5.92 Å². The molecule has 0 bridgehead atoms. The van der Waals surface area contributed by atoms with Gasteiger partial charge in [-0.15, -0.1) is 0 Å². The molecule has 4 saturated heterocycles. The second-order valence-electron chi connectivity index (χ2n) is 26.0. The Morgan fingerprint density at radius 1 is 0.457 bits per heavy atom. The van der Waals surface area contributed by atoms with Gasteiger partial charge in [-0.25, -0.2) is 10.6 Å². The van der Waals surface area contributed by atoms with E-state index in [1.807, 2.05) is 11.5 Å². The Morgan fingerprint density at radius 2 is 0.830 bits per heavy atom. The van der Waals surface area contributed by atoms with Gasteiger partial charge in [-0.3, -0.25) is 53.4 Å². The van der Waals surface area contributed by atoms with Crippen molar-refractivity contribution in [1.29, 1.82) is 0 Å². The zero-order chi connectivity index (χ0) is 67.8. The number of amides is 11. The monoisotopic (exact) mass is 1290 g/mol. The fourth-order valence-corrected chi connectivity index (χ4v) is 12.7. The summed E-state index contributed by atoms with van der Waals surface area (Å²) >= 11 is 0. The topological polar surface area (TPSA) is 340 Å². The summed E-state index contributed by atoms with van der Waals surface area (Å²) in [6, 6.07) is 21.8. The molecular formula is C69H90N12O13. The van der Waals surface area contributed by atoms with Gasteiger partial charge in [0.15, 0.2) is 0 Å². The van der Waals surface area contributed by atoms with Crippen molar-refractivity contribution in [2.45, 2.75) is 185 Å². The first-order valence-corrected chi connectivity index (χ1v) is 32.5. The molecule has 4 fully saturated rings. The molecular weight excluding hydrogens is 1200 g/mol. The van der Waals surface area contributed by atoms with Gasteiger partial charge < -0.3 is 61.3 Å². The standard InChI is InChI=1S/C69H90N12O13/c1-42(2)57(67(92)81-37-19-29-56(81)66(91)78-34-16-26-53(78)62(87)71-43(3)58(83)77-70)76-61(86)50(39-45-22-12-8-13-23-45)72-59(84)49(38-44-20-10-7-11-21-44)73-63(88)54-27-17-35-79(54)65(90)55-28-18-36-80(55)64(89)52(41-47-30-32-48(82)33-31-47)74-60(85)51(40-46-24-14-9-15-25-46)75-68(93)94-69(4,5)6/h7-15,20-25,30-33,42-43,49-57,82H,16-19,26-29,34-41,70H2,1-6H3,(H,71,87)(H,72,84)(H,73,88)(H,74,85)(H,75,93)(H,76,86)(H,77,83)/t43-,49-,50-,51-,52-,53-,54-,55-,56-,57-/m0/s1. The quantitative estimate of drug-likeness (QED) is 0.0262. The van der Waals surface area contributed by atoms with Crippen molar-refractivity contribution in [2.75, 3.05) is 26.2 Å². The van der Waals surface area contributed by atoms with Crippen molar-refractivity contribution < 1.29 is 62.6 Å². The lowest BCUT2D eigenvalue weighted by Gasteiger charge is -2.34. The van der Waals surface area contributed by atoms with E-state index in [0.29, 0.717) is 55.2 Å². The third-order valence-corrected chi connectivity index (χ3v) is 17.6. The third kappa shape index (κ3) is 18.7. The number of alkyl carbamates (subject to hydrolysis) is 1. The number of rotatable bonds is 25. The molecule has 4 aromatic carbocycles. The van der Waals surface area contributed by atoms with Crippen LogP contribution in [0.15, 0.2) is 115 Å². The van der Waals surface area contributed by atoms with Gasteiger partial charge >= 0.3 is 6.09 Å². The molecule has 0 aliphatic carbocycles. The van der Waals surface area contributed by atoms with Crippen molar-refractivity contribution in [3.05, 3.63) is 138 Å². The molecule has 0 aromatic heterocycles. The van der Waals surface area contributed by atoms with Crippen LogP contribution in [-0.2, 0) is 78.4 Å². The largest absolute Gasteiger partial charge is 0.508 e. The summed E-state index contributed by atoms with van der Waals surface area (Å²) in [5.41, 5.74) is 3.76. The molecule has 4 aliphatic rings. The summed E-state index contributed by atoms with van der Waals surface area (Å²) < 4.78 is 5.52. The Morgan fingerprint density at radius 3 is 1.28 bits per heavy atom. The average molecular weight is 1300 g/mol. The van der Waals surface area contributed by atoms with E-state index in [9.17, 15) is 48.3 Å². The molecule has 10 N–H and O–H groups in total. The molecule has 0 radical (unpaired) electrons. The van der Waals surface area contributed by atoms with E-state index in [-0.39, 0.29) is 70.5 Å². The number of hydrazine groups is 1. The zero-order valence-electron chi connectivity index (χ0n) is 54.3. The molecule has 4 heterocycles. The molecule has 11 amide bonds. The molecule has 504 valence electrons. The Hall–Kier alpha value is -9.39. The highest BCUT2D eigenvalue weighted by Gasteiger charge is 2.47. The summed E-state index contributed by atoms with van der Waals surface area (Å²) in [5, 5.41) is 27.0. The molecule has 0 spiro atoms. The highest BCUT2D eigenvalue weighted by atomic mass is 16.6. The van der Waals surface area contributed by atoms with Crippen LogP contribution in [-0.4, -0.2) is 182 Å². The van der Waals surface area contributed by atoms with Crippen LogP contribution in [0.3, 0.4) is 0 Å². The zero-order valence-corrected chi connectivity index (χ0v) is 54.3. The van der Waals surface area contributed by atoms with Crippen LogP contribution in [0.4, 0.5) is 4.79 Å². The van der Waals surface area contributed by atoms with Gasteiger partial charge in [0, 0.05) is 51.9 Å². The summed E-state index contributed by atoms with van der Waals surface area (Å²) in [4.78, 5) is 163. The number of benzene rings is 4. The van der Waals surface area contributed by atoms with E-state index >= 15 is 9.59 Å². The van der Waals surface area contributed by atoms with Gasteiger partial charge in [0.1, 0.15) is 71.8 Å². The SMILES string of the molecule is CC(C)[C@H](NC(=O)[C@H](Cc1ccccc1)NC(=O)[C@H](Cc1ccccc1)NC(=O)[C@@H]1CCCN1C(=O)[C@@H]1CCCN1C(=O)[C@H](Cc1ccc(O)cc1)NC(=O)[C@H](Cc1ccccc1)NC(=O)OC(C)(C)C)C(=O)N1CCC[C@H]1C(=O)N1CCC[C@H]1C(=O)N[C@@H](C)C(=O)NN. The van der Waals surface area contributed by atoms with E-state index in [0.717, 1.165) is 5.56 Å². The number of phenols is 1. The highest BCUT2D eigenvalue weighted by molar-refractivity contribution is 6.00. The van der Waals surface area contributed by atoms with Gasteiger partial charge in [0.05, 0.1) is 0 Å². The lowest BCUT2D eigenvalue weighted by molar-refractivity contribution is -0.148. The molecule has 4 aromatic rings. The minimum atomic E-state index is -1.31. The second kappa shape index (κ2) is 32.4. The number of aromatic hydroxyl groups is 1. The molecule has 25 nitrogen and oxygen atoms in total. The van der Waals surface area contributed by atoms with Crippen LogP contribution in [0.25, 0.3) is 0 Å². The molecule has 4 aliphatic heterocycles. The van der Waals surface area contributed by atoms with Crippen LogP contribution >= 0.6 is 0 Å². The first-order chi connectivity index (χ1) is 44.9. The maximum Gasteiger partial charge on any atom is 0.408 e. The van der Waals surface area contributed by atoms with Crippen LogP contribution in [0.1, 0.15) is 115 Å². The Bertz CT molecular complexity index is 3330. The fraction of sp³-hybridized carbons (Fsp3) is 0.493. The van der Waals surface area contributed by atoms with Crippen molar-refractivity contribution in [3.63, 3.8) is 0 Å². The van der Waals surface area contributed by atoms with Crippen molar-refractivity contribution in [3.8, 4) is 5.75 Å². The van der Waals surface area contributed by atoms with E-state index in [4.69, 9.17) is 10.6 Å². The minimum Gasteiger partial charge on any atom is -0.508 e. The maximum absolute atomic E-state index is 15.0. The predicted octanol–water partition coefficient (Wildman–Crippen LogP) is 2.61. The minimum absolute atomic E-state index is 0.0147. The maximum atomic E-state index is 15.0. The van der Waals surface area contributed by atoms with Crippen molar-refractivity contribution in [1.82, 2.24) is 56.9 Å². The fourth-order valence-electron chi connectivity index (χ4n) is 12.7. The first-order valence-electron chi connectivity index (χ1n) is 32.5. The molecule has 8 rings (SSSR count). The number of carbonyl (C=O) groups is 11. The number of nitrogens with zero attached hydrogens (tertiary/aromatic N) is 4. The lowest BCUT2D eigenvalue weighted by Crippen LogP contribution is -2.61. The van der Waals surface area contributed by atoms with Crippen molar-refractivity contribution >= 4 is 65.2 Å². The van der Waals surface area contributed by atoms with Crippen LogP contribution < -0.4 is 43.2 Å². The number of ether oxygens (including phenoxy) is 1. The van der Waals surface area contributed by atoms with Gasteiger partial charge in [-0.1, -0.05) is 117 Å². The van der Waals surface area contributed by atoms with Gasteiger partial charge in [0.25, 0.3) is 5.91 Å². The number of phenolic OH excluding ortho intramolecular Hbond substituents is 1. The van der Waals surface area contributed by atoms with E-state index in [1.165, 1.54) is 38.7 Å². The van der Waals surface area contributed by atoms with Gasteiger partial charge in [-0.2, -0.15) is 0 Å². The van der Waals surface area contributed by atoms with E-state index in [1.54, 1.807) is 132 Å². The number of likely N-dealkylation sites (tertiary alicyclic amines) is 4. The van der Waals surface area contributed by atoms with Crippen LogP contribution in [0.2, 0.25) is 0 Å². The van der Waals surface area contributed by atoms with Gasteiger partial charge in [0.2, 0.25) is 53.2 Å². The van der Waals surface area contributed by atoms with Crippen LogP contribution in [0.5, 0.6) is 5.75 Å². The normalized spacial score (nSPS) is 19.8. The Balaban J connectivity index is 0.987. The molecule has 0 unspecified atom stereocenters. The van der Waals surface area contributed by atoms with E-state index in [2.05, 4.69) is 31.9 Å². The Kier molecular flexibility index (Phi) is 24.3. The summed E-state index contributed by atoms with van der Waals surface area (Å²) in [7, 11) is 0. The number of nitrogens with two attached hydrogens (primary N) is 1. The molecule has 0 saturated carbocycles. The summed E-state index contributed by atoms with van der Waals surface area (Å²) in [5.74, 6) is -1.19. The summed E-state index contributed by atoms with van der Waals surface area (Å²) in [6.07, 6.45) is 2.05. The number of hydrogen-bond acceptors (Lipinski definition) is 14. The predicted molar refractivity (Wildman–Crippen MR) is 347 cm³/mol. The third-order valence-electron chi connectivity index (χ3n) is 17.6. The first kappa shape index (κ1) is 70.5. The number of nitrogens with one attached hydrogen (secondary N) is 7. The highest BCUT2D eigenvalue weighted by Crippen LogP contribution is 2.29. The summed E-state index contributed by atoms with van der Waals surface area (Å²) in [6.45, 7) is 10.8. The molecule has 94 heavy (non-hydrogen) atoms. The lowest BCUT2D eigenvalue weighted by atomic mass is 9.99. The molecule has 25 heteroatoms. The Labute approximate surface area is 548 Å². The molecule has 10 atom stereocenters.